The second-order valence-corrected chi connectivity index (χ2v) is 7.39. The summed E-state index contributed by atoms with van der Waals surface area (Å²) in [4.78, 5) is 37.4. The molecule has 2 aromatic rings. The van der Waals surface area contributed by atoms with Gasteiger partial charge < -0.3 is 4.74 Å². The summed E-state index contributed by atoms with van der Waals surface area (Å²) in [5.41, 5.74) is 0.0410. The maximum atomic E-state index is 13.4. The first-order valence-corrected chi connectivity index (χ1v) is 9.02. The Balaban J connectivity index is 1.91. The summed E-state index contributed by atoms with van der Waals surface area (Å²) in [7, 11) is 0. The molecule has 7 heteroatoms. The van der Waals surface area contributed by atoms with Gasteiger partial charge >= 0.3 is 6.09 Å². The van der Waals surface area contributed by atoms with Crippen LogP contribution in [0.15, 0.2) is 48.8 Å². The summed E-state index contributed by atoms with van der Waals surface area (Å²) in [6, 6.07) is 10.3. The Bertz CT molecular complexity index is 750. The third kappa shape index (κ3) is 4.42. The van der Waals surface area contributed by atoms with Gasteiger partial charge in [0, 0.05) is 18.9 Å². The predicted molar refractivity (Wildman–Crippen MR) is 102 cm³/mol. The van der Waals surface area contributed by atoms with E-state index in [2.05, 4.69) is 9.97 Å². The van der Waals surface area contributed by atoms with Gasteiger partial charge in [0.1, 0.15) is 11.6 Å². The van der Waals surface area contributed by atoms with Crippen LogP contribution in [-0.2, 0) is 9.53 Å². The lowest BCUT2D eigenvalue weighted by Crippen LogP contribution is -2.48. The molecule has 2 amide bonds. The summed E-state index contributed by atoms with van der Waals surface area (Å²) in [5, 5.41) is 0. The SMILES string of the molecule is CC(C)(C)OC(=O)N1CCCC1C(=O)N(c1ccccc1)c1ncccn1. The second kappa shape index (κ2) is 7.73. The molecule has 1 aliphatic rings. The number of carbonyl (C=O) groups is 2. The van der Waals surface area contributed by atoms with Crippen LogP contribution in [0.3, 0.4) is 0 Å². The summed E-state index contributed by atoms with van der Waals surface area (Å²) in [5.74, 6) is 0.0421. The average molecular weight is 368 g/mol. The number of aromatic nitrogens is 2. The maximum absolute atomic E-state index is 13.4. The molecule has 0 spiro atoms. The van der Waals surface area contributed by atoms with Gasteiger partial charge in [-0.1, -0.05) is 18.2 Å². The minimum absolute atomic E-state index is 0.240. The van der Waals surface area contributed by atoms with Crippen LogP contribution >= 0.6 is 0 Å². The van der Waals surface area contributed by atoms with E-state index in [9.17, 15) is 9.59 Å². The van der Waals surface area contributed by atoms with Gasteiger partial charge in [-0.15, -0.1) is 0 Å². The van der Waals surface area contributed by atoms with E-state index in [0.29, 0.717) is 18.7 Å². The molecule has 1 aromatic heterocycles. The first-order valence-electron chi connectivity index (χ1n) is 9.02. The normalized spacial score (nSPS) is 16.9. The number of benzene rings is 1. The van der Waals surface area contributed by atoms with Gasteiger partial charge in [-0.3, -0.25) is 9.69 Å². The molecule has 2 heterocycles. The lowest BCUT2D eigenvalue weighted by Gasteiger charge is -2.30. The van der Waals surface area contributed by atoms with Gasteiger partial charge in [-0.25, -0.2) is 19.7 Å². The van der Waals surface area contributed by atoms with Crippen molar-refractivity contribution in [3.05, 3.63) is 48.8 Å². The van der Waals surface area contributed by atoms with E-state index in [1.165, 1.54) is 9.80 Å². The molecule has 0 radical (unpaired) electrons. The predicted octanol–water partition coefficient (Wildman–Crippen LogP) is 3.54. The highest BCUT2D eigenvalue weighted by molar-refractivity contribution is 6.03. The number of nitrogens with zero attached hydrogens (tertiary/aromatic N) is 4. The molecule has 1 fully saturated rings. The largest absolute Gasteiger partial charge is 0.444 e. The summed E-state index contributed by atoms with van der Waals surface area (Å²) in [6.45, 7) is 5.92. The van der Waals surface area contributed by atoms with Crippen LogP contribution in [0.2, 0.25) is 0 Å². The average Bonchev–Trinajstić information content (AvgIpc) is 3.12. The zero-order valence-electron chi connectivity index (χ0n) is 15.8. The fourth-order valence-corrected chi connectivity index (χ4v) is 3.04. The first-order chi connectivity index (χ1) is 12.9. The molecule has 0 bridgehead atoms. The molecule has 0 aliphatic carbocycles. The molecule has 27 heavy (non-hydrogen) atoms. The molecular weight excluding hydrogens is 344 g/mol. The van der Waals surface area contributed by atoms with Crippen molar-refractivity contribution in [1.82, 2.24) is 14.9 Å². The van der Waals surface area contributed by atoms with Crippen molar-refractivity contribution in [3.63, 3.8) is 0 Å². The van der Waals surface area contributed by atoms with E-state index in [-0.39, 0.29) is 11.9 Å². The molecule has 1 atom stereocenters. The Kier molecular flexibility index (Phi) is 5.39. The zero-order chi connectivity index (χ0) is 19.4. The molecule has 142 valence electrons. The fraction of sp³-hybridized carbons (Fsp3) is 0.400. The number of rotatable bonds is 3. The quantitative estimate of drug-likeness (QED) is 0.828. The van der Waals surface area contributed by atoms with Gasteiger partial charge in [0.15, 0.2) is 0 Å². The van der Waals surface area contributed by atoms with Crippen molar-refractivity contribution in [2.45, 2.75) is 45.3 Å². The Morgan fingerprint density at radius 2 is 1.78 bits per heavy atom. The second-order valence-electron chi connectivity index (χ2n) is 7.39. The van der Waals surface area contributed by atoms with Gasteiger partial charge in [0.25, 0.3) is 5.91 Å². The van der Waals surface area contributed by atoms with E-state index < -0.39 is 17.7 Å². The third-order valence-corrected chi connectivity index (χ3v) is 4.15. The Morgan fingerprint density at radius 3 is 2.41 bits per heavy atom. The lowest BCUT2D eigenvalue weighted by molar-refractivity contribution is -0.122. The van der Waals surface area contributed by atoms with Crippen LogP contribution in [-0.4, -0.2) is 45.1 Å². The maximum Gasteiger partial charge on any atom is 0.410 e. The third-order valence-electron chi connectivity index (χ3n) is 4.15. The Labute approximate surface area is 159 Å². The van der Waals surface area contributed by atoms with E-state index in [4.69, 9.17) is 4.74 Å². The number of amides is 2. The smallest absolute Gasteiger partial charge is 0.410 e. The fourth-order valence-electron chi connectivity index (χ4n) is 3.04. The van der Waals surface area contributed by atoms with Gasteiger partial charge in [-0.05, 0) is 51.8 Å². The molecule has 3 rings (SSSR count). The topological polar surface area (TPSA) is 75.6 Å². The monoisotopic (exact) mass is 368 g/mol. The molecule has 1 unspecified atom stereocenters. The number of ether oxygens (including phenoxy) is 1. The lowest BCUT2D eigenvalue weighted by atomic mass is 10.1. The summed E-state index contributed by atoms with van der Waals surface area (Å²) < 4.78 is 5.48. The van der Waals surface area contributed by atoms with Crippen LogP contribution < -0.4 is 4.90 Å². The number of likely N-dealkylation sites (tertiary alicyclic amines) is 1. The van der Waals surface area contributed by atoms with E-state index >= 15 is 0 Å². The molecule has 7 nitrogen and oxygen atoms in total. The van der Waals surface area contributed by atoms with Crippen LogP contribution in [0.25, 0.3) is 0 Å². The van der Waals surface area contributed by atoms with Crippen molar-refractivity contribution in [2.24, 2.45) is 0 Å². The minimum atomic E-state index is -0.616. The van der Waals surface area contributed by atoms with Crippen molar-refractivity contribution in [2.75, 3.05) is 11.4 Å². The van der Waals surface area contributed by atoms with E-state index in [0.717, 1.165) is 6.42 Å². The van der Waals surface area contributed by atoms with Crippen molar-refractivity contribution in [3.8, 4) is 0 Å². The van der Waals surface area contributed by atoms with Gasteiger partial charge in [0.05, 0.1) is 5.69 Å². The van der Waals surface area contributed by atoms with Crippen molar-refractivity contribution in [1.29, 1.82) is 0 Å². The summed E-state index contributed by atoms with van der Waals surface area (Å²) >= 11 is 0. The molecule has 1 aromatic carbocycles. The van der Waals surface area contributed by atoms with Gasteiger partial charge in [0.2, 0.25) is 5.95 Å². The highest BCUT2D eigenvalue weighted by Gasteiger charge is 2.40. The van der Waals surface area contributed by atoms with Crippen LogP contribution in [0.1, 0.15) is 33.6 Å². The van der Waals surface area contributed by atoms with Crippen LogP contribution in [0.4, 0.5) is 16.4 Å². The highest BCUT2D eigenvalue weighted by Crippen LogP contribution is 2.28. The number of carbonyl (C=O) groups excluding carboxylic acids is 2. The van der Waals surface area contributed by atoms with Crippen molar-refractivity contribution >= 4 is 23.6 Å². The molecule has 0 saturated carbocycles. The standard InChI is InChI=1S/C20H24N4O3/c1-20(2,3)27-19(26)23-14-7-11-16(23)17(25)24(15-9-5-4-6-10-15)18-21-12-8-13-22-18/h4-6,8-10,12-13,16H,7,11,14H2,1-3H3. The van der Waals surface area contributed by atoms with E-state index in [1.54, 1.807) is 18.5 Å². The Hall–Kier alpha value is -2.96. The number of hydrogen-bond acceptors (Lipinski definition) is 5. The Morgan fingerprint density at radius 1 is 1.11 bits per heavy atom. The molecule has 1 saturated heterocycles. The highest BCUT2D eigenvalue weighted by atomic mass is 16.6. The number of hydrogen-bond donors (Lipinski definition) is 0. The van der Waals surface area contributed by atoms with Crippen molar-refractivity contribution < 1.29 is 14.3 Å². The minimum Gasteiger partial charge on any atom is -0.444 e. The number of anilines is 2. The molecular formula is C20H24N4O3. The first kappa shape index (κ1) is 18.8. The number of para-hydroxylation sites is 1. The molecule has 0 N–H and O–H groups in total. The summed E-state index contributed by atoms with van der Waals surface area (Å²) in [6.07, 6.45) is 4.03. The molecule has 1 aliphatic heterocycles. The van der Waals surface area contributed by atoms with E-state index in [1.807, 2.05) is 51.1 Å². The zero-order valence-corrected chi connectivity index (χ0v) is 15.8. The van der Waals surface area contributed by atoms with Crippen LogP contribution in [0, 0.1) is 0 Å². The van der Waals surface area contributed by atoms with Crippen LogP contribution in [0.5, 0.6) is 0 Å². The van der Waals surface area contributed by atoms with Gasteiger partial charge in [-0.2, -0.15) is 0 Å².